The van der Waals surface area contributed by atoms with Crippen LogP contribution < -0.4 is 4.74 Å². The summed E-state index contributed by atoms with van der Waals surface area (Å²) < 4.78 is 7.37. The van der Waals surface area contributed by atoms with E-state index < -0.39 is 0 Å². The Kier molecular flexibility index (Phi) is 3.99. The van der Waals surface area contributed by atoms with Crippen molar-refractivity contribution in [3.05, 3.63) is 46.7 Å². The monoisotopic (exact) mass is 264 g/mol. The Morgan fingerprint density at radius 3 is 2.94 bits per heavy atom. The number of benzene rings is 1. The van der Waals surface area contributed by atoms with Gasteiger partial charge in [0.25, 0.3) is 0 Å². The van der Waals surface area contributed by atoms with Gasteiger partial charge in [-0.2, -0.15) is 5.10 Å². The van der Waals surface area contributed by atoms with Crippen molar-refractivity contribution < 1.29 is 9.53 Å². The van der Waals surface area contributed by atoms with Crippen molar-refractivity contribution in [2.75, 3.05) is 6.61 Å². The van der Waals surface area contributed by atoms with Crippen LogP contribution in [-0.2, 0) is 13.5 Å². The number of aldehydes is 1. The fraction of sp³-hybridized carbons (Fsp3) is 0.231. The molecule has 1 aromatic carbocycles. The topological polar surface area (TPSA) is 44.1 Å². The Hall–Kier alpha value is -1.81. The lowest BCUT2D eigenvalue weighted by Crippen LogP contribution is -2.07. The van der Waals surface area contributed by atoms with Crippen LogP contribution >= 0.6 is 11.6 Å². The van der Waals surface area contributed by atoms with Gasteiger partial charge in [0, 0.05) is 25.4 Å². The second kappa shape index (κ2) is 5.69. The average Bonchev–Trinajstić information content (AvgIpc) is 2.75. The van der Waals surface area contributed by atoms with Crippen LogP contribution in [0, 0.1) is 0 Å². The zero-order valence-corrected chi connectivity index (χ0v) is 10.7. The van der Waals surface area contributed by atoms with Crippen molar-refractivity contribution in [3.63, 3.8) is 0 Å². The Morgan fingerprint density at radius 2 is 2.28 bits per heavy atom. The third-order valence-electron chi connectivity index (χ3n) is 2.67. The molecule has 2 rings (SSSR count). The van der Waals surface area contributed by atoms with Crippen LogP contribution in [-0.4, -0.2) is 22.7 Å². The molecule has 1 heterocycles. The van der Waals surface area contributed by atoms with Gasteiger partial charge in [0.05, 0.1) is 17.2 Å². The van der Waals surface area contributed by atoms with Crippen molar-refractivity contribution >= 4 is 17.9 Å². The molecule has 0 N–H and O–H groups in total. The third-order valence-corrected chi connectivity index (χ3v) is 3.00. The number of halogens is 1. The predicted octanol–water partition coefficient (Wildman–Crippen LogP) is 2.51. The second-order valence-corrected chi connectivity index (χ2v) is 4.22. The third kappa shape index (κ3) is 2.71. The fourth-order valence-electron chi connectivity index (χ4n) is 1.67. The first kappa shape index (κ1) is 12.6. The SMILES string of the molecule is Cn1nccc1CCOc1cccc(Cl)c1C=O. The minimum Gasteiger partial charge on any atom is -0.492 e. The molecule has 18 heavy (non-hydrogen) atoms. The number of ether oxygens (including phenoxy) is 1. The maximum atomic E-state index is 10.9. The standard InChI is InChI=1S/C13H13ClN2O2/c1-16-10(5-7-15-16)6-8-18-13-4-2-3-12(14)11(13)9-17/h2-5,7,9H,6,8H2,1H3. The van der Waals surface area contributed by atoms with Crippen LogP contribution in [0.25, 0.3) is 0 Å². The number of hydrogen-bond acceptors (Lipinski definition) is 3. The highest BCUT2D eigenvalue weighted by atomic mass is 35.5. The number of hydrogen-bond donors (Lipinski definition) is 0. The number of carbonyl (C=O) groups is 1. The molecule has 0 fully saturated rings. The van der Waals surface area contributed by atoms with Crippen molar-refractivity contribution in [1.29, 1.82) is 0 Å². The largest absolute Gasteiger partial charge is 0.492 e. The van der Waals surface area contributed by atoms with E-state index in [4.69, 9.17) is 16.3 Å². The van der Waals surface area contributed by atoms with Crippen LogP contribution in [0.3, 0.4) is 0 Å². The number of carbonyl (C=O) groups excluding carboxylic acids is 1. The van der Waals surface area contributed by atoms with E-state index in [1.165, 1.54) is 0 Å². The fourth-order valence-corrected chi connectivity index (χ4v) is 1.88. The lowest BCUT2D eigenvalue weighted by molar-refractivity contribution is 0.111. The first-order chi connectivity index (χ1) is 8.72. The number of aryl methyl sites for hydroxylation is 1. The Bertz CT molecular complexity index is 552. The Balaban J connectivity index is 2.01. The number of rotatable bonds is 5. The highest BCUT2D eigenvalue weighted by Gasteiger charge is 2.07. The van der Waals surface area contributed by atoms with E-state index >= 15 is 0 Å². The summed E-state index contributed by atoms with van der Waals surface area (Å²) in [6.07, 6.45) is 3.18. The summed E-state index contributed by atoms with van der Waals surface area (Å²) >= 11 is 5.91. The lowest BCUT2D eigenvalue weighted by atomic mass is 10.2. The first-order valence-electron chi connectivity index (χ1n) is 5.55. The molecule has 0 unspecified atom stereocenters. The molecule has 0 radical (unpaired) electrons. The zero-order chi connectivity index (χ0) is 13.0. The summed E-state index contributed by atoms with van der Waals surface area (Å²) in [5.74, 6) is 0.514. The molecule has 0 aliphatic heterocycles. The molecular formula is C13H13ClN2O2. The van der Waals surface area contributed by atoms with Gasteiger partial charge in [0.2, 0.25) is 0 Å². The molecule has 0 amide bonds. The van der Waals surface area contributed by atoms with Crippen molar-refractivity contribution in [1.82, 2.24) is 9.78 Å². The van der Waals surface area contributed by atoms with E-state index in [2.05, 4.69) is 5.10 Å². The molecule has 5 heteroatoms. The van der Waals surface area contributed by atoms with E-state index in [1.807, 2.05) is 13.1 Å². The van der Waals surface area contributed by atoms with Crippen LogP contribution in [0.1, 0.15) is 16.1 Å². The summed E-state index contributed by atoms with van der Waals surface area (Å²) in [5.41, 5.74) is 1.47. The molecule has 0 aliphatic carbocycles. The lowest BCUT2D eigenvalue weighted by Gasteiger charge is -2.09. The van der Waals surface area contributed by atoms with Crippen LogP contribution in [0.15, 0.2) is 30.5 Å². The van der Waals surface area contributed by atoms with E-state index in [-0.39, 0.29) is 0 Å². The van der Waals surface area contributed by atoms with Gasteiger partial charge in [-0.25, -0.2) is 0 Å². The highest BCUT2D eigenvalue weighted by Crippen LogP contribution is 2.24. The highest BCUT2D eigenvalue weighted by molar-refractivity contribution is 6.33. The van der Waals surface area contributed by atoms with Gasteiger partial charge in [-0.1, -0.05) is 17.7 Å². The van der Waals surface area contributed by atoms with Gasteiger partial charge < -0.3 is 4.74 Å². The summed E-state index contributed by atoms with van der Waals surface area (Å²) in [4.78, 5) is 10.9. The van der Waals surface area contributed by atoms with Gasteiger partial charge in [-0.15, -0.1) is 0 Å². The molecule has 0 spiro atoms. The molecule has 0 saturated carbocycles. The number of aromatic nitrogens is 2. The normalized spacial score (nSPS) is 10.3. The summed E-state index contributed by atoms with van der Waals surface area (Å²) in [6, 6.07) is 7.09. The quantitative estimate of drug-likeness (QED) is 0.780. The number of nitrogens with zero attached hydrogens (tertiary/aromatic N) is 2. The first-order valence-corrected chi connectivity index (χ1v) is 5.93. The smallest absolute Gasteiger partial charge is 0.155 e. The maximum absolute atomic E-state index is 10.9. The van der Waals surface area contributed by atoms with Crippen molar-refractivity contribution in [3.8, 4) is 5.75 Å². The molecule has 94 valence electrons. The van der Waals surface area contributed by atoms with Crippen LogP contribution in [0.5, 0.6) is 5.75 Å². The summed E-state index contributed by atoms with van der Waals surface area (Å²) in [5, 5.41) is 4.48. The van der Waals surface area contributed by atoms with Crippen molar-refractivity contribution in [2.24, 2.45) is 7.05 Å². The van der Waals surface area contributed by atoms with Gasteiger partial charge in [0.15, 0.2) is 6.29 Å². The maximum Gasteiger partial charge on any atom is 0.155 e. The molecular weight excluding hydrogens is 252 g/mol. The van der Waals surface area contributed by atoms with Gasteiger partial charge in [-0.05, 0) is 18.2 Å². The van der Waals surface area contributed by atoms with E-state index in [0.29, 0.717) is 29.2 Å². The second-order valence-electron chi connectivity index (χ2n) is 3.81. The zero-order valence-electron chi connectivity index (χ0n) is 9.97. The van der Waals surface area contributed by atoms with Gasteiger partial charge in [-0.3, -0.25) is 9.48 Å². The van der Waals surface area contributed by atoms with Crippen LogP contribution in [0.4, 0.5) is 0 Å². The molecule has 0 bridgehead atoms. The summed E-state index contributed by atoms with van der Waals surface area (Å²) in [6.45, 7) is 0.473. The van der Waals surface area contributed by atoms with Gasteiger partial charge in [0.1, 0.15) is 5.75 Å². The van der Waals surface area contributed by atoms with Crippen molar-refractivity contribution in [2.45, 2.75) is 6.42 Å². The Morgan fingerprint density at radius 1 is 1.44 bits per heavy atom. The average molecular weight is 265 g/mol. The Labute approximate surface area is 110 Å². The van der Waals surface area contributed by atoms with E-state index in [9.17, 15) is 4.79 Å². The minimum atomic E-state index is 0.393. The molecule has 0 aliphatic rings. The predicted molar refractivity (Wildman–Crippen MR) is 69.2 cm³/mol. The molecule has 0 saturated heterocycles. The van der Waals surface area contributed by atoms with E-state index in [0.717, 1.165) is 12.1 Å². The molecule has 0 atom stereocenters. The van der Waals surface area contributed by atoms with Crippen LogP contribution in [0.2, 0.25) is 5.02 Å². The van der Waals surface area contributed by atoms with E-state index in [1.54, 1.807) is 29.1 Å². The molecule has 1 aromatic heterocycles. The minimum absolute atomic E-state index is 0.393. The van der Waals surface area contributed by atoms with Gasteiger partial charge >= 0.3 is 0 Å². The molecule has 4 nitrogen and oxygen atoms in total. The molecule has 2 aromatic rings. The summed E-state index contributed by atoms with van der Waals surface area (Å²) in [7, 11) is 1.88.